The van der Waals surface area contributed by atoms with Crippen LogP contribution in [0.2, 0.25) is 0 Å². The van der Waals surface area contributed by atoms with Gasteiger partial charge in [-0.15, -0.1) is 0 Å². The summed E-state index contributed by atoms with van der Waals surface area (Å²) < 4.78 is 21.6. The SMILES string of the molecule is CCC(=O)[C@@H](CCCN=C(N)N)NC(=O)c1cc(CC(=O)[C@@H](CCCN=C(N)N)NC(=O)c2cc(CC(=O)[C@@H](CCCN=C(N)N)NC(=O)c3cc(CC(=O)[C@@H](C)NC(=O)CCN)ccc3OC)ccc2OC)ccc1OC.COc1ccc(C)cc1C(=O)NCCN. The molecular formula is C64H92N16O13. The average molecular weight is 1290 g/mol. The van der Waals surface area contributed by atoms with Gasteiger partial charge in [0.2, 0.25) is 5.91 Å². The Morgan fingerprint density at radius 3 is 1.13 bits per heavy atom. The maximum Gasteiger partial charge on any atom is 0.255 e. The van der Waals surface area contributed by atoms with Crippen LogP contribution >= 0.6 is 0 Å². The van der Waals surface area contributed by atoms with Crippen LogP contribution in [-0.2, 0) is 43.2 Å². The molecule has 0 aromatic heterocycles. The molecule has 0 aliphatic rings. The summed E-state index contributed by atoms with van der Waals surface area (Å²) in [7, 11) is 5.63. The number of ether oxygens (including phenoxy) is 4. The number of methoxy groups -OCH3 is 4. The van der Waals surface area contributed by atoms with Gasteiger partial charge in [0, 0.05) is 71.4 Å². The van der Waals surface area contributed by atoms with Gasteiger partial charge in [-0.25, -0.2) is 0 Å². The fourth-order valence-corrected chi connectivity index (χ4v) is 9.34. The number of hydrogen-bond acceptors (Lipinski definition) is 18. The number of aliphatic imine (C=N–C) groups is 3. The number of ketones is 4. The Morgan fingerprint density at radius 1 is 0.452 bits per heavy atom. The van der Waals surface area contributed by atoms with Crippen LogP contribution in [0.5, 0.6) is 23.0 Å². The molecule has 0 saturated carbocycles. The van der Waals surface area contributed by atoms with Crippen molar-refractivity contribution in [1.29, 1.82) is 0 Å². The number of aryl methyl sites for hydroxylation is 1. The molecule has 0 unspecified atom stereocenters. The summed E-state index contributed by atoms with van der Waals surface area (Å²) in [6.07, 6.45) is 0.953. The molecule has 0 saturated heterocycles. The van der Waals surface area contributed by atoms with Crippen LogP contribution in [0.3, 0.4) is 0 Å². The van der Waals surface area contributed by atoms with Gasteiger partial charge in [-0.2, -0.15) is 0 Å². The van der Waals surface area contributed by atoms with Gasteiger partial charge >= 0.3 is 0 Å². The van der Waals surface area contributed by atoms with Crippen molar-refractivity contribution in [1.82, 2.24) is 26.6 Å². The molecule has 29 heteroatoms. The number of nitrogens with zero attached hydrogens (tertiary/aromatic N) is 3. The van der Waals surface area contributed by atoms with Crippen molar-refractivity contribution in [3.8, 4) is 23.0 Å². The van der Waals surface area contributed by atoms with Crippen molar-refractivity contribution < 1.29 is 62.1 Å². The van der Waals surface area contributed by atoms with Crippen molar-refractivity contribution >= 4 is 70.5 Å². The molecule has 0 fully saturated rings. The number of guanidine groups is 3. The Hall–Kier alpha value is -10.2. The smallest absolute Gasteiger partial charge is 0.255 e. The molecule has 4 rings (SSSR count). The highest BCUT2D eigenvalue weighted by Crippen LogP contribution is 2.26. The van der Waals surface area contributed by atoms with Gasteiger partial charge in [-0.1, -0.05) is 36.8 Å². The number of rotatable bonds is 39. The largest absolute Gasteiger partial charge is 0.496 e. The number of carbonyl (C=O) groups is 9. The van der Waals surface area contributed by atoms with Gasteiger partial charge in [0.1, 0.15) is 23.0 Å². The molecule has 0 bridgehead atoms. The standard InChI is InChI=1S/C53H76N14O11.C11H16N2O2/c1-6-40(68)37(10-7-21-61-51(55)56)65-48(73)35-25-32(14-17-45(35)77-4)28-42(70)39(12-9-23-63-53(59)60)67-50(75)36-26-33(15-18-46(36)78-5)29-43(71)38(11-8-22-62-52(57)58)66-49(74)34-24-31(13-16-44(34)76-3)27-41(69)30(2)64-47(72)19-20-54;1-8-3-4-10(15-2)9(7-8)11(14)13-6-5-12/h13-18,24-26,30,37-39H,6-12,19-23,27-29,54H2,1-5H3,(H,64,72)(H,65,73)(H,66,74)(H,67,75)(H4,55,56,61)(H4,57,58,62)(H4,59,60,63);3-4,7H,5-6,12H2,1-2H3,(H,13,14)/t30-,37-,38-,39-;/m1./s1. The fraction of sp³-hybridized carbons (Fsp3) is 0.438. The van der Waals surface area contributed by atoms with Gasteiger partial charge in [-0.3, -0.25) is 58.1 Å². The second-order valence-electron chi connectivity index (χ2n) is 21.4. The van der Waals surface area contributed by atoms with Crippen LogP contribution in [0.25, 0.3) is 0 Å². The highest BCUT2D eigenvalue weighted by atomic mass is 16.5. The number of hydrogen-bond donors (Lipinski definition) is 13. The summed E-state index contributed by atoms with van der Waals surface area (Å²) in [5.74, 6) is -3.33. The second-order valence-corrected chi connectivity index (χ2v) is 21.4. The van der Waals surface area contributed by atoms with Crippen LogP contribution in [0, 0.1) is 6.92 Å². The molecule has 4 aromatic carbocycles. The summed E-state index contributed by atoms with van der Waals surface area (Å²) in [4.78, 5) is 132. The molecule has 5 amide bonds. The summed E-state index contributed by atoms with van der Waals surface area (Å²) in [5, 5.41) is 13.7. The van der Waals surface area contributed by atoms with Crippen molar-refractivity contribution in [3.05, 3.63) is 117 Å². The number of Topliss-reactive ketones (excluding diaryl/α,β-unsaturated/α-hetero) is 4. The molecule has 4 atom stereocenters. The van der Waals surface area contributed by atoms with E-state index in [4.69, 9.17) is 64.8 Å². The summed E-state index contributed by atoms with van der Waals surface area (Å²) in [6.45, 7) is 6.71. The van der Waals surface area contributed by atoms with Gasteiger partial charge < -0.3 is 91.4 Å². The molecule has 0 radical (unpaired) electrons. The highest BCUT2D eigenvalue weighted by Gasteiger charge is 2.29. The topological polar surface area (TPSA) is 496 Å². The molecule has 21 N–H and O–H groups in total. The van der Waals surface area contributed by atoms with Crippen molar-refractivity contribution in [3.63, 3.8) is 0 Å². The Kier molecular flexibility index (Phi) is 33.6. The van der Waals surface area contributed by atoms with E-state index in [-0.39, 0.29) is 166 Å². The minimum Gasteiger partial charge on any atom is -0.496 e. The zero-order valence-corrected chi connectivity index (χ0v) is 54.0. The molecule has 0 heterocycles. The summed E-state index contributed by atoms with van der Waals surface area (Å²) in [6, 6.07) is 15.3. The molecule has 0 aliphatic heterocycles. The normalized spacial score (nSPS) is 11.8. The lowest BCUT2D eigenvalue weighted by Gasteiger charge is -2.21. The van der Waals surface area contributed by atoms with Gasteiger partial charge in [0.25, 0.3) is 23.6 Å². The van der Waals surface area contributed by atoms with Crippen molar-refractivity contribution in [2.24, 2.45) is 60.8 Å². The van der Waals surface area contributed by atoms with Crippen molar-refractivity contribution in [2.45, 2.75) is 116 Å². The zero-order chi connectivity index (χ0) is 69.2. The van der Waals surface area contributed by atoms with E-state index in [0.29, 0.717) is 47.5 Å². The maximum atomic E-state index is 14.3. The zero-order valence-electron chi connectivity index (χ0n) is 54.0. The molecule has 506 valence electrons. The fourth-order valence-electron chi connectivity index (χ4n) is 9.34. The Labute approximate surface area is 541 Å². The lowest BCUT2D eigenvalue weighted by atomic mass is 9.96. The first-order valence-electron chi connectivity index (χ1n) is 30.2. The number of amides is 5. The van der Waals surface area contributed by atoms with E-state index in [1.165, 1.54) is 57.7 Å². The third-order valence-corrected chi connectivity index (χ3v) is 14.2. The van der Waals surface area contributed by atoms with Gasteiger partial charge in [-0.05, 0) is 118 Å². The number of carbonyl (C=O) groups excluding carboxylic acids is 9. The first-order chi connectivity index (χ1) is 44.3. The average Bonchev–Trinajstić information content (AvgIpc) is 0.952. The molecule has 4 aromatic rings. The number of nitrogens with one attached hydrogen (secondary N) is 5. The third-order valence-electron chi connectivity index (χ3n) is 14.2. The quantitative estimate of drug-likeness (QED) is 0.0164. The lowest BCUT2D eigenvalue weighted by molar-refractivity contribution is -0.127. The van der Waals surface area contributed by atoms with Gasteiger partial charge in [0.15, 0.2) is 41.0 Å². The van der Waals surface area contributed by atoms with Crippen molar-refractivity contribution in [2.75, 3.05) is 67.7 Å². The molecule has 29 nitrogen and oxygen atoms in total. The first-order valence-corrected chi connectivity index (χ1v) is 30.2. The molecule has 0 aliphatic carbocycles. The lowest BCUT2D eigenvalue weighted by Crippen LogP contribution is -2.42. The van der Waals surface area contributed by atoms with E-state index in [9.17, 15) is 43.2 Å². The predicted molar refractivity (Wildman–Crippen MR) is 354 cm³/mol. The number of nitrogens with two attached hydrogens (primary N) is 8. The first kappa shape index (κ1) is 77.1. The van der Waals surface area contributed by atoms with E-state index < -0.39 is 53.5 Å². The van der Waals surface area contributed by atoms with E-state index in [1.807, 2.05) is 13.0 Å². The Morgan fingerprint density at radius 2 is 0.796 bits per heavy atom. The predicted octanol–water partition coefficient (Wildman–Crippen LogP) is 0.428. The van der Waals surface area contributed by atoms with E-state index >= 15 is 0 Å². The maximum absolute atomic E-state index is 14.3. The Balaban J connectivity index is 0.00000131. The highest BCUT2D eigenvalue weighted by molar-refractivity contribution is 6.03. The number of benzene rings is 4. The minimum absolute atomic E-state index is 0.0135. The Bertz CT molecular complexity index is 3310. The second kappa shape index (κ2) is 40.6. The van der Waals surface area contributed by atoms with E-state index in [0.717, 1.165) is 5.56 Å². The molecular weight excluding hydrogens is 1200 g/mol. The minimum atomic E-state index is -1.12. The van der Waals surface area contributed by atoms with Crippen LogP contribution in [0.15, 0.2) is 87.8 Å². The summed E-state index contributed by atoms with van der Waals surface area (Å²) >= 11 is 0. The van der Waals surface area contributed by atoms with Crippen LogP contribution in [-0.4, -0.2) is 162 Å². The van der Waals surface area contributed by atoms with Crippen LogP contribution in [0.4, 0.5) is 0 Å². The molecule has 93 heavy (non-hydrogen) atoms. The van der Waals surface area contributed by atoms with E-state index in [2.05, 4.69) is 41.6 Å². The third kappa shape index (κ3) is 26.7. The summed E-state index contributed by atoms with van der Waals surface area (Å²) in [5.41, 5.74) is 46.7. The van der Waals surface area contributed by atoms with Crippen LogP contribution < -0.4 is 91.4 Å². The molecule has 0 spiro atoms. The monoisotopic (exact) mass is 1290 g/mol. The van der Waals surface area contributed by atoms with Crippen LogP contribution in [0.1, 0.15) is 129 Å². The van der Waals surface area contributed by atoms with E-state index in [1.54, 1.807) is 51.3 Å². The van der Waals surface area contributed by atoms with Gasteiger partial charge in [0.05, 0.1) is 74.9 Å².